The molecule has 0 amide bonds. The standard InChI is InChI=1S/C41H66O2/c1-40(2,3)37-27-25-36(26-28-37)35-42-33-23-21-19-17-15-13-11-9-7-8-10-12-14-16-18-20-22-24-34-43-39-31-29-38(30-32-39)41(4,5)6/h7-8,25-32H,9-24,33-35H2,1-6H3. The molecule has 0 aliphatic heterocycles. The summed E-state index contributed by atoms with van der Waals surface area (Å²) in [4.78, 5) is 0. The first-order valence-electron chi connectivity index (χ1n) is 17.7. The van der Waals surface area contributed by atoms with E-state index in [0.717, 1.165) is 32.0 Å². The Kier molecular flexibility index (Phi) is 18.7. The number of allylic oxidation sites excluding steroid dienone is 2. The third kappa shape index (κ3) is 18.4. The number of hydrogen-bond donors (Lipinski definition) is 0. The fraction of sp³-hybridized carbons (Fsp3) is 0.659. The maximum absolute atomic E-state index is 5.92. The summed E-state index contributed by atoms with van der Waals surface area (Å²) in [6.45, 7) is 16.0. The second-order valence-electron chi connectivity index (χ2n) is 14.6. The minimum Gasteiger partial charge on any atom is -0.494 e. The molecular formula is C41H66O2. The zero-order valence-electron chi connectivity index (χ0n) is 29.0. The molecule has 0 saturated heterocycles. The van der Waals surface area contributed by atoms with Crippen LogP contribution in [-0.4, -0.2) is 13.2 Å². The summed E-state index contributed by atoms with van der Waals surface area (Å²) in [6, 6.07) is 17.5. The maximum Gasteiger partial charge on any atom is 0.119 e. The number of ether oxygens (including phenoxy) is 2. The van der Waals surface area contributed by atoms with Gasteiger partial charge >= 0.3 is 0 Å². The van der Waals surface area contributed by atoms with Gasteiger partial charge in [0.05, 0.1) is 13.2 Å². The van der Waals surface area contributed by atoms with Crippen molar-refractivity contribution in [2.45, 2.75) is 162 Å². The number of benzene rings is 2. The monoisotopic (exact) mass is 591 g/mol. The first-order chi connectivity index (χ1) is 20.7. The summed E-state index contributed by atoms with van der Waals surface area (Å²) in [5, 5.41) is 0. The van der Waals surface area contributed by atoms with Crippen molar-refractivity contribution in [3.8, 4) is 5.75 Å². The highest BCUT2D eigenvalue weighted by atomic mass is 16.5. The summed E-state index contributed by atoms with van der Waals surface area (Å²) in [7, 11) is 0. The summed E-state index contributed by atoms with van der Waals surface area (Å²) >= 11 is 0. The van der Waals surface area contributed by atoms with Crippen LogP contribution in [0.2, 0.25) is 0 Å². The van der Waals surface area contributed by atoms with Crippen LogP contribution in [0.1, 0.15) is 161 Å². The molecule has 0 bridgehead atoms. The molecular weight excluding hydrogens is 524 g/mol. The number of unbranched alkanes of at least 4 members (excludes halogenated alkanes) is 14. The SMILES string of the molecule is CC(C)(C)c1ccc(COCCCCCCCCCC=CCCCCCCCCCOc2ccc(C(C)(C)C)cc2)cc1. The van der Waals surface area contributed by atoms with Gasteiger partial charge in [-0.05, 0) is 78.2 Å². The minimum absolute atomic E-state index is 0.202. The molecule has 2 nitrogen and oxygen atoms in total. The predicted octanol–water partition coefficient (Wildman–Crippen LogP) is 12.7. The van der Waals surface area contributed by atoms with Crippen LogP contribution in [0.5, 0.6) is 5.75 Å². The molecule has 0 N–H and O–H groups in total. The van der Waals surface area contributed by atoms with Crippen molar-refractivity contribution in [3.63, 3.8) is 0 Å². The van der Waals surface area contributed by atoms with E-state index in [1.54, 1.807) is 0 Å². The molecule has 0 saturated carbocycles. The molecule has 0 aliphatic rings. The fourth-order valence-corrected chi connectivity index (χ4v) is 5.37. The van der Waals surface area contributed by atoms with E-state index in [0.29, 0.717) is 0 Å². The van der Waals surface area contributed by atoms with Crippen LogP contribution >= 0.6 is 0 Å². The van der Waals surface area contributed by atoms with Crippen LogP contribution in [0, 0.1) is 0 Å². The zero-order chi connectivity index (χ0) is 31.2. The number of hydrogen-bond acceptors (Lipinski definition) is 2. The molecule has 0 heterocycles. The van der Waals surface area contributed by atoms with Crippen LogP contribution in [-0.2, 0) is 22.2 Å². The van der Waals surface area contributed by atoms with E-state index in [1.807, 2.05) is 0 Å². The Hall–Kier alpha value is -2.06. The van der Waals surface area contributed by atoms with E-state index in [4.69, 9.17) is 9.47 Å². The van der Waals surface area contributed by atoms with Crippen LogP contribution in [0.4, 0.5) is 0 Å². The fourth-order valence-electron chi connectivity index (χ4n) is 5.37. The van der Waals surface area contributed by atoms with Gasteiger partial charge in [0, 0.05) is 6.61 Å². The topological polar surface area (TPSA) is 18.5 Å². The second-order valence-corrected chi connectivity index (χ2v) is 14.6. The molecule has 0 fully saturated rings. The highest BCUT2D eigenvalue weighted by molar-refractivity contribution is 5.31. The first-order valence-corrected chi connectivity index (χ1v) is 17.7. The quantitative estimate of drug-likeness (QED) is 0.0946. The Balaban J connectivity index is 1.27. The molecule has 2 aromatic carbocycles. The molecule has 0 unspecified atom stereocenters. The summed E-state index contributed by atoms with van der Waals surface area (Å²) in [6.07, 6.45) is 25.9. The van der Waals surface area contributed by atoms with Crippen LogP contribution in [0.25, 0.3) is 0 Å². The first kappa shape index (κ1) is 37.1. The summed E-state index contributed by atoms with van der Waals surface area (Å²) in [5.74, 6) is 1.00. The van der Waals surface area contributed by atoms with Crippen LogP contribution in [0.3, 0.4) is 0 Å². The van der Waals surface area contributed by atoms with Crippen molar-refractivity contribution in [1.82, 2.24) is 0 Å². The molecule has 2 heteroatoms. The van der Waals surface area contributed by atoms with Crippen LogP contribution < -0.4 is 4.74 Å². The zero-order valence-corrected chi connectivity index (χ0v) is 29.0. The molecule has 0 spiro atoms. The van der Waals surface area contributed by atoms with Crippen molar-refractivity contribution >= 4 is 0 Å². The molecule has 2 aromatic rings. The Morgan fingerprint density at radius 3 is 1.33 bits per heavy atom. The largest absolute Gasteiger partial charge is 0.494 e. The van der Waals surface area contributed by atoms with E-state index < -0.39 is 0 Å². The van der Waals surface area contributed by atoms with Gasteiger partial charge in [-0.3, -0.25) is 0 Å². The van der Waals surface area contributed by atoms with Crippen molar-refractivity contribution in [2.75, 3.05) is 13.2 Å². The molecule has 2 rings (SSSR count). The van der Waals surface area contributed by atoms with Crippen molar-refractivity contribution in [1.29, 1.82) is 0 Å². The average molecular weight is 591 g/mol. The van der Waals surface area contributed by atoms with E-state index in [9.17, 15) is 0 Å². The lowest BCUT2D eigenvalue weighted by Gasteiger charge is -2.19. The van der Waals surface area contributed by atoms with Gasteiger partial charge in [-0.25, -0.2) is 0 Å². The Labute approximate surface area is 267 Å². The molecule has 0 atom stereocenters. The average Bonchev–Trinajstić information content (AvgIpc) is 2.97. The van der Waals surface area contributed by atoms with Gasteiger partial charge in [0.25, 0.3) is 0 Å². The van der Waals surface area contributed by atoms with Gasteiger partial charge in [0.1, 0.15) is 5.75 Å². The number of rotatable bonds is 23. The van der Waals surface area contributed by atoms with Gasteiger partial charge in [0.2, 0.25) is 0 Å². The van der Waals surface area contributed by atoms with E-state index in [1.165, 1.54) is 113 Å². The van der Waals surface area contributed by atoms with Gasteiger partial charge < -0.3 is 9.47 Å². The van der Waals surface area contributed by atoms with Gasteiger partial charge in [-0.1, -0.05) is 154 Å². The van der Waals surface area contributed by atoms with E-state index in [-0.39, 0.29) is 10.8 Å². The summed E-state index contributed by atoms with van der Waals surface area (Å²) in [5.41, 5.74) is 4.45. The lowest BCUT2D eigenvalue weighted by Crippen LogP contribution is -2.10. The van der Waals surface area contributed by atoms with Gasteiger partial charge in [0.15, 0.2) is 0 Å². The third-order valence-corrected chi connectivity index (χ3v) is 8.42. The minimum atomic E-state index is 0.202. The molecule has 0 aromatic heterocycles. The van der Waals surface area contributed by atoms with Crippen molar-refractivity contribution in [3.05, 3.63) is 77.4 Å². The highest BCUT2D eigenvalue weighted by Gasteiger charge is 2.13. The Bertz CT molecular complexity index is 957. The van der Waals surface area contributed by atoms with Gasteiger partial charge in [-0.15, -0.1) is 0 Å². The Morgan fingerprint density at radius 1 is 0.465 bits per heavy atom. The second kappa shape index (κ2) is 21.6. The smallest absolute Gasteiger partial charge is 0.119 e. The predicted molar refractivity (Wildman–Crippen MR) is 188 cm³/mol. The maximum atomic E-state index is 5.92. The normalized spacial score (nSPS) is 12.3. The lowest BCUT2D eigenvalue weighted by molar-refractivity contribution is 0.116. The molecule has 242 valence electrons. The molecule has 0 radical (unpaired) electrons. The Morgan fingerprint density at radius 2 is 0.860 bits per heavy atom. The molecule has 0 aliphatic carbocycles. The van der Waals surface area contributed by atoms with Crippen molar-refractivity contribution in [2.24, 2.45) is 0 Å². The van der Waals surface area contributed by atoms with E-state index >= 15 is 0 Å². The lowest BCUT2D eigenvalue weighted by atomic mass is 9.87. The summed E-state index contributed by atoms with van der Waals surface area (Å²) < 4.78 is 11.8. The molecule has 43 heavy (non-hydrogen) atoms. The highest BCUT2D eigenvalue weighted by Crippen LogP contribution is 2.25. The van der Waals surface area contributed by atoms with Gasteiger partial charge in [-0.2, -0.15) is 0 Å². The van der Waals surface area contributed by atoms with Crippen LogP contribution in [0.15, 0.2) is 60.7 Å². The van der Waals surface area contributed by atoms with Crippen molar-refractivity contribution < 1.29 is 9.47 Å². The third-order valence-electron chi connectivity index (χ3n) is 8.42. The van der Waals surface area contributed by atoms with E-state index in [2.05, 4.69) is 102 Å².